The number of halogens is 2. The molecule has 0 aliphatic rings. The molecule has 0 saturated carbocycles. The van der Waals surface area contributed by atoms with Gasteiger partial charge < -0.3 is 10.6 Å². The van der Waals surface area contributed by atoms with Gasteiger partial charge in [0.1, 0.15) is 5.15 Å². The van der Waals surface area contributed by atoms with Crippen LogP contribution in [0.15, 0.2) is 47.1 Å². The Morgan fingerprint density at radius 1 is 1.33 bits per heavy atom. The van der Waals surface area contributed by atoms with Crippen molar-refractivity contribution in [2.24, 2.45) is 0 Å². The minimum atomic E-state index is -0.229. The highest BCUT2D eigenvalue weighted by molar-refractivity contribution is 9.10. The van der Waals surface area contributed by atoms with Gasteiger partial charge in [0, 0.05) is 17.2 Å². The molecule has 0 spiro atoms. The molecule has 0 fully saturated rings. The fraction of sp³-hybridized carbons (Fsp3) is 0.200. The van der Waals surface area contributed by atoms with Crippen LogP contribution < -0.4 is 10.6 Å². The lowest BCUT2D eigenvalue weighted by atomic mass is 10.1. The molecule has 1 atom stereocenters. The smallest absolute Gasteiger partial charge is 0.315 e. The molecule has 2 aromatic rings. The molecule has 1 unspecified atom stereocenters. The Hall–Kier alpha value is -1.59. The van der Waals surface area contributed by atoms with Gasteiger partial charge in [0.2, 0.25) is 0 Å². The predicted octanol–water partition coefficient (Wildman–Crippen LogP) is 4.06. The zero-order valence-electron chi connectivity index (χ0n) is 11.4. The fourth-order valence-corrected chi connectivity index (χ4v) is 2.58. The lowest BCUT2D eigenvalue weighted by Crippen LogP contribution is -2.36. The molecule has 110 valence electrons. The van der Waals surface area contributed by atoms with Crippen LogP contribution in [0.1, 0.15) is 24.1 Å². The molecule has 0 saturated heterocycles. The number of pyridine rings is 1. The van der Waals surface area contributed by atoms with Crippen molar-refractivity contribution in [2.45, 2.75) is 19.5 Å². The van der Waals surface area contributed by atoms with E-state index in [1.165, 1.54) is 0 Å². The van der Waals surface area contributed by atoms with E-state index in [1.54, 1.807) is 12.3 Å². The molecule has 0 aliphatic heterocycles. The van der Waals surface area contributed by atoms with Gasteiger partial charge in [-0.15, -0.1) is 0 Å². The van der Waals surface area contributed by atoms with Crippen LogP contribution >= 0.6 is 27.5 Å². The monoisotopic (exact) mass is 367 g/mol. The number of rotatable bonds is 4. The average Bonchev–Trinajstić information content (AvgIpc) is 2.47. The van der Waals surface area contributed by atoms with Crippen molar-refractivity contribution in [3.8, 4) is 0 Å². The first-order valence-corrected chi connectivity index (χ1v) is 7.62. The Morgan fingerprint density at radius 2 is 2.10 bits per heavy atom. The van der Waals surface area contributed by atoms with E-state index in [2.05, 4.69) is 31.5 Å². The number of hydrogen-bond donors (Lipinski definition) is 2. The summed E-state index contributed by atoms with van der Waals surface area (Å²) < 4.78 is 0.972. The topological polar surface area (TPSA) is 54.0 Å². The standard InChI is InChI=1S/C15H15BrClN3O/c1-10(12-4-2-3-5-13(12)16)20-15(21)19-9-11-6-7-14(17)18-8-11/h2-8,10H,9H2,1H3,(H2,19,20,21). The Bertz CT molecular complexity index is 619. The molecule has 2 rings (SSSR count). The molecular formula is C15H15BrClN3O. The van der Waals surface area contributed by atoms with Gasteiger partial charge in [-0.1, -0.05) is 51.8 Å². The van der Waals surface area contributed by atoms with Gasteiger partial charge in [-0.2, -0.15) is 0 Å². The third-order valence-electron chi connectivity index (χ3n) is 2.96. The van der Waals surface area contributed by atoms with Gasteiger partial charge in [-0.25, -0.2) is 9.78 Å². The van der Waals surface area contributed by atoms with Crippen LogP contribution in [0.2, 0.25) is 5.15 Å². The van der Waals surface area contributed by atoms with Crippen LogP contribution in [0.5, 0.6) is 0 Å². The maximum absolute atomic E-state index is 11.9. The minimum Gasteiger partial charge on any atom is -0.334 e. The van der Waals surface area contributed by atoms with Crippen molar-refractivity contribution in [2.75, 3.05) is 0 Å². The number of benzene rings is 1. The first-order valence-electron chi connectivity index (χ1n) is 6.45. The van der Waals surface area contributed by atoms with E-state index in [0.717, 1.165) is 15.6 Å². The number of nitrogens with one attached hydrogen (secondary N) is 2. The van der Waals surface area contributed by atoms with Crippen LogP contribution in [0, 0.1) is 0 Å². The largest absolute Gasteiger partial charge is 0.334 e. The Balaban J connectivity index is 1.87. The Labute approximate surface area is 137 Å². The van der Waals surface area contributed by atoms with Crippen LogP contribution in [-0.2, 0) is 6.54 Å². The first kappa shape index (κ1) is 15.8. The summed E-state index contributed by atoms with van der Waals surface area (Å²) in [4.78, 5) is 15.9. The zero-order valence-corrected chi connectivity index (χ0v) is 13.8. The summed E-state index contributed by atoms with van der Waals surface area (Å²) in [6.45, 7) is 2.34. The molecule has 1 aromatic heterocycles. The Morgan fingerprint density at radius 3 is 2.76 bits per heavy atom. The molecule has 6 heteroatoms. The van der Waals surface area contributed by atoms with Crippen molar-refractivity contribution < 1.29 is 4.79 Å². The normalized spacial score (nSPS) is 11.8. The van der Waals surface area contributed by atoms with Crippen molar-refractivity contribution in [3.63, 3.8) is 0 Å². The summed E-state index contributed by atoms with van der Waals surface area (Å²) in [5, 5.41) is 6.12. The maximum atomic E-state index is 11.9. The summed E-state index contributed by atoms with van der Waals surface area (Å²) in [7, 11) is 0. The molecule has 1 aromatic carbocycles. The molecule has 21 heavy (non-hydrogen) atoms. The van der Waals surface area contributed by atoms with E-state index in [-0.39, 0.29) is 12.1 Å². The lowest BCUT2D eigenvalue weighted by Gasteiger charge is -2.16. The quantitative estimate of drug-likeness (QED) is 0.800. The highest BCUT2D eigenvalue weighted by Crippen LogP contribution is 2.22. The predicted molar refractivity (Wildman–Crippen MR) is 87.2 cm³/mol. The van der Waals surface area contributed by atoms with Gasteiger partial charge >= 0.3 is 6.03 Å². The second kappa shape index (κ2) is 7.43. The molecular weight excluding hydrogens is 354 g/mol. The highest BCUT2D eigenvalue weighted by atomic mass is 79.9. The SMILES string of the molecule is CC(NC(=O)NCc1ccc(Cl)nc1)c1ccccc1Br. The van der Waals surface area contributed by atoms with E-state index in [0.29, 0.717) is 11.7 Å². The van der Waals surface area contributed by atoms with Crippen molar-refractivity contribution in [1.82, 2.24) is 15.6 Å². The number of urea groups is 1. The fourth-order valence-electron chi connectivity index (χ4n) is 1.85. The maximum Gasteiger partial charge on any atom is 0.315 e. The Kier molecular flexibility index (Phi) is 5.59. The number of nitrogens with zero attached hydrogens (tertiary/aromatic N) is 1. The van der Waals surface area contributed by atoms with E-state index >= 15 is 0 Å². The summed E-state index contributed by atoms with van der Waals surface area (Å²) in [5.74, 6) is 0. The molecule has 4 nitrogen and oxygen atoms in total. The summed E-state index contributed by atoms with van der Waals surface area (Å²) in [6.07, 6.45) is 1.64. The number of aromatic nitrogens is 1. The van der Waals surface area contributed by atoms with E-state index in [4.69, 9.17) is 11.6 Å². The van der Waals surface area contributed by atoms with Gasteiger partial charge in [0.15, 0.2) is 0 Å². The molecule has 0 bridgehead atoms. The van der Waals surface area contributed by atoms with Gasteiger partial charge in [0.05, 0.1) is 6.04 Å². The molecule has 0 aliphatic carbocycles. The van der Waals surface area contributed by atoms with Crippen LogP contribution in [0.3, 0.4) is 0 Å². The number of amides is 2. The molecule has 2 N–H and O–H groups in total. The van der Waals surface area contributed by atoms with E-state index in [9.17, 15) is 4.79 Å². The minimum absolute atomic E-state index is 0.0936. The van der Waals surface area contributed by atoms with Crippen molar-refractivity contribution in [1.29, 1.82) is 0 Å². The summed E-state index contributed by atoms with van der Waals surface area (Å²) in [6, 6.07) is 11.0. The summed E-state index contributed by atoms with van der Waals surface area (Å²) >= 11 is 9.19. The highest BCUT2D eigenvalue weighted by Gasteiger charge is 2.11. The second-order valence-corrected chi connectivity index (χ2v) is 5.80. The molecule has 2 amide bonds. The molecule has 1 heterocycles. The van der Waals surface area contributed by atoms with Gasteiger partial charge in [0.25, 0.3) is 0 Å². The van der Waals surface area contributed by atoms with Crippen molar-refractivity contribution in [3.05, 3.63) is 63.3 Å². The molecule has 0 radical (unpaired) electrons. The van der Waals surface area contributed by atoms with E-state index in [1.807, 2.05) is 37.3 Å². The van der Waals surface area contributed by atoms with Crippen LogP contribution in [0.25, 0.3) is 0 Å². The van der Waals surface area contributed by atoms with Crippen LogP contribution in [-0.4, -0.2) is 11.0 Å². The lowest BCUT2D eigenvalue weighted by molar-refractivity contribution is 0.237. The van der Waals surface area contributed by atoms with E-state index < -0.39 is 0 Å². The van der Waals surface area contributed by atoms with Crippen molar-refractivity contribution >= 4 is 33.6 Å². The van der Waals surface area contributed by atoms with Gasteiger partial charge in [-0.05, 0) is 30.2 Å². The number of carbonyl (C=O) groups is 1. The van der Waals surface area contributed by atoms with Gasteiger partial charge in [-0.3, -0.25) is 0 Å². The first-order chi connectivity index (χ1) is 10.1. The second-order valence-electron chi connectivity index (χ2n) is 4.56. The number of hydrogen-bond acceptors (Lipinski definition) is 2. The zero-order chi connectivity index (χ0) is 15.2. The third-order valence-corrected chi connectivity index (χ3v) is 3.91. The number of carbonyl (C=O) groups excluding carboxylic acids is 1. The third kappa shape index (κ3) is 4.72. The average molecular weight is 369 g/mol. The van der Waals surface area contributed by atoms with Crippen LogP contribution in [0.4, 0.5) is 4.79 Å². The summed E-state index contributed by atoms with van der Waals surface area (Å²) in [5.41, 5.74) is 1.92.